The van der Waals surface area contributed by atoms with E-state index in [1.165, 1.54) is 0 Å². The fourth-order valence-electron chi connectivity index (χ4n) is 2.11. The molecule has 4 nitrogen and oxygen atoms in total. The highest BCUT2D eigenvalue weighted by atomic mass is 32.2. The summed E-state index contributed by atoms with van der Waals surface area (Å²) in [4.78, 5) is 0. The molecule has 96 valence electrons. The van der Waals surface area contributed by atoms with Gasteiger partial charge < -0.3 is 5.73 Å². The molecule has 0 aromatic rings. The van der Waals surface area contributed by atoms with Gasteiger partial charge in [0, 0.05) is 12.5 Å². The van der Waals surface area contributed by atoms with Crippen LogP contribution < -0.4 is 5.73 Å². The lowest BCUT2D eigenvalue weighted by molar-refractivity contribution is 0.0537. The van der Waals surface area contributed by atoms with Gasteiger partial charge in [-0.3, -0.25) is 4.55 Å². The first-order valence-corrected chi connectivity index (χ1v) is 6.78. The van der Waals surface area contributed by atoms with Gasteiger partial charge in [-0.2, -0.15) is 17.2 Å². The molecule has 1 aliphatic rings. The summed E-state index contributed by atoms with van der Waals surface area (Å²) in [5, 5.41) is -4.14. The van der Waals surface area contributed by atoms with Crippen molar-refractivity contribution in [1.29, 1.82) is 0 Å². The van der Waals surface area contributed by atoms with Crippen molar-refractivity contribution in [3.05, 3.63) is 0 Å². The van der Waals surface area contributed by atoms with Gasteiger partial charge in [-0.25, -0.2) is 0 Å². The predicted molar refractivity (Wildman–Crippen MR) is 55.7 cm³/mol. The van der Waals surface area contributed by atoms with Crippen LogP contribution in [0, 0.1) is 5.92 Å². The van der Waals surface area contributed by atoms with Gasteiger partial charge in [0.2, 0.25) is 0 Å². The van der Waals surface area contributed by atoms with Gasteiger partial charge in [0.15, 0.2) is 0 Å². The van der Waals surface area contributed by atoms with Crippen LogP contribution in [0.5, 0.6) is 0 Å². The number of nitrogens with two attached hydrogens (primary N) is 1. The highest BCUT2D eigenvalue weighted by Crippen LogP contribution is 2.32. The maximum absolute atomic E-state index is 13.0. The average Bonchev–Trinajstić information content (AvgIpc) is 2.16. The van der Waals surface area contributed by atoms with Gasteiger partial charge in [0.1, 0.15) is 0 Å². The molecule has 1 atom stereocenters. The fraction of sp³-hybridized carbons (Fsp3) is 1.00. The van der Waals surface area contributed by atoms with E-state index in [0.717, 1.165) is 32.1 Å². The zero-order valence-corrected chi connectivity index (χ0v) is 9.72. The van der Waals surface area contributed by atoms with Crippen molar-refractivity contribution in [1.82, 2.24) is 0 Å². The standard InChI is InChI=1S/C9H17F2NO3S/c10-9(11,16(13,14)15)6-8(12)7-4-2-1-3-5-7/h7-8H,1-6,12H2,(H,13,14,15)/t8-/m1/s1. The predicted octanol–water partition coefficient (Wildman–Crippen LogP) is 1.76. The van der Waals surface area contributed by atoms with E-state index in [9.17, 15) is 17.2 Å². The Morgan fingerprint density at radius 2 is 1.81 bits per heavy atom. The molecule has 0 aliphatic heterocycles. The summed E-state index contributed by atoms with van der Waals surface area (Å²) in [6, 6.07) is -0.878. The third kappa shape index (κ3) is 3.36. The van der Waals surface area contributed by atoms with E-state index in [2.05, 4.69) is 0 Å². The van der Waals surface area contributed by atoms with Crippen molar-refractivity contribution in [2.24, 2.45) is 11.7 Å². The van der Waals surface area contributed by atoms with Crippen LogP contribution in [-0.2, 0) is 10.1 Å². The van der Waals surface area contributed by atoms with Crippen LogP contribution in [0.3, 0.4) is 0 Å². The molecule has 1 saturated carbocycles. The Labute approximate surface area is 94.0 Å². The molecule has 0 saturated heterocycles. The second-order valence-electron chi connectivity index (χ2n) is 4.38. The molecule has 0 heterocycles. The zero-order valence-electron chi connectivity index (χ0n) is 8.90. The van der Waals surface area contributed by atoms with Gasteiger partial charge in [0.05, 0.1) is 0 Å². The maximum Gasteiger partial charge on any atom is 0.371 e. The summed E-state index contributed by atoms with van der Waals surface area (Å²) >= 11 is 0. The molecule has 3 N–H and O–H groups in total. The van der Waals surface area contributed by atoms with Crippen LogP contribution in [0.25, 0.3) is 0 Å². The van der Waals surface area contributed by atoms with Gasteiger partial charge in [-0.05, 0) is 18.8 Å². The molecule has 0 unspecified atom stereocenters. The molecule has 0 amide bonds. The van der Waals surface area contributed by atoms with E-state index >= 15 is 0 Å². The Kier molecular flexibility index (Phi) is 4.25. The normalized spacial score (nSPS) is 22.0. The van der Waals surface area contributed by atoms with Gasteiger partial charge in [-0.15, -0.1) is 0 Å². The monoisotopic (exact) mass is 257 g/mol. The zero-order chi connectivity index (χ0) is 12.4. The van der Waals surface area contributed by atoms with E-state index in [0.29, 0.717) is 0 Å². The van der Waals surface area contributed by atoms with Crippen molar-refractivity contribution in [2.45, 2.75) is 49.8 Å². The van der Waals surface area contributed by atoms with Gasteiger partial charge in [-0.1, -0.05) is 19.3 Å². The van der Waals surface area contributed by atoms with Crippen LogP contribution in [0.15, 0.2) is 0 Å². The Morgan fingerprint density at radius 3 is 2.25 bits per heavy atom. The van der Waals surface area contributed by atoms with Crippen LogP contribution in [-0.4, -0.2) is 24.3 Å². The summed E-state index contributed by atoms with van der Waals surface area (Å²) in [6.45, 7) is 0. The third-order valence-electron chi connectivity index (χ3n) is 3.11. The molecule has 0 spiro atoms. The van der Waals surface area contributed by atoms with Crippen molar-refractivity contribution in [2.75, 3.05) is 0 Å². The topological polar surface area (TPSA) is 80.4 Å². The van der Waals surface area contributed by atoms with E-state index < -0.39 is 27.8 Å². The Balaban J connectivity index is 2.59. The molecule has 0 aromatic carbocycles. The first kappa shape index (κ1) is 13.8. The molecule has 0 aromatic heterocycles. The number of hydrogen-bond donors (Lipinski definition) is 2. The summed E-state index contributed by atoms with van der Waals surface area (Å²) < 4.78 is 55.2. The minimum Gasteiger partial charge on any atom is -0.327 e. The van der Waals surface area contributed by atoms with Crippen molar-refractivity contribution < 1.29 is 21.8 Å². The highest BCUT2D eigenvalue weighted by molar-refractivity contribution is 7.86. The number of halogens is 2. The van der Waals surface area contributed by atoms with Crippen LogP contribution in [0.4, 0.5) is 8.78 Å². The summed E-state index contributed by atoms with van der Waals surface area (Å²) in [5.74, 6) is -0.0682. The van der Waals surface area contributed by atoms with Crippen molar-refractivity contribution in [3.63, 3.8) is 0 Å². The molecule has 1 fully saturated rings. The van der Waals surface area contributed by atoms with Crippen molar-refractivity contribution in [3.8, 4) is 0 Å². The molecule has 0 radical (unpaired) electrons. The first-order valence-electron chi connectivity index (χ1n) is 5.34. The maximum atomic E-state index is 13.0. The fourth-order valence-corrected chi connectivity index (χ4v) is 2.51. The second-order valence-corrected chi connectivity index (χ2v) is 5.93. The quantitative estimate of drug-likeness (QED) is 0.752. The molecule has 16 heavy (non-hydrogen) atoms. The lowest BCUT2D eigenvalue weighted by Gasteiger charge is -2.29. The minimum atomic E-state index is -5.35. The molecule has 7 heteroatoms. The first-order chi connectivity index (χ1) is 7.24. The second kappa shape index (κ2) is 4.93. The Hall–Kier alpha value is -0.270. The number of hydrogen-bond acceptors (Lipinski definition) is 3. The third-order valence-corrected chi connectivity index (χ3v) is 4.03. The smallest absolute Gasteiger partial charge is 0.327 e. The van der Waals surface area contributed by atoms with E-state index in [4.69, 9.17) is 10.3 Å². The summed E-state index contributed by atoms with van der Waals surface area (Å²) in [5.41, 5.74) is 5.58. The van der Waals surface area contributed by atoms with Crippen LogP contribution >= 0.6 is 0 Å². The van der Waals surface area contributed by atoms with Crippen molar-refractivity contribution >= 4 is 10.1 Å². The largest absolute Gasteiger partial charge is 0.371 e. The number of rotatable bonds is 4. The summed E-state index contributed by atoms with van der Waals surface area (Å²) in [6.07, 6.45) is 3.45. The molecular formula is C9H17F2NO3S. The average molecular weight is 257 g/mol. The molecule has 1 rings (SSSR count). The Bertz CT molecular complexity index is 326. The molecular weight excluding hydrogens is 240 g/mol. The minimum absolute atomic E-state index is 0.0682. The molecule has 1 aliphatic carbocycles. The van der Waals surface area contributed by atoms with Crippen LogP contribution in [0.2, 0.25) is 0 Å². The van der Waals surface area contributed by atoms with E-state index in [1.54, 1.807) is 0 Å². The van der Waals surface area contributed by atoms with Crippen LogP contribution in [0.1, 0.15) is 38.5 Å². The summed E-state index contributed by atoms with van der Waals surface area (Å²) in [7, 11) is -5.35. The lowest BCUT2D eigenvalue weighted by atomic mass is 9.83. The molecule has 0 bridgehead atoms. The Morgan fingerprint density at radius 1 is 1.31 bits per heavy atom. The SMILES string of the molecule is N[C@H](CC(F)(F)S(=O)(=O)O)C1CCCCC1. The van der Waals surface area contributed by atoms with E-state index in [1.807, 2.05) is 0 Å². The van der Waals surface area contributed by atoms with Gasteiger partial charge >= 0.3 is 15.4 Å². The highest BCUT2D eigenvalue weighted by Gasteiger charge is 2.46. The number of alkyl halides is 2. The van der Waals surface area contributed by atoms with E-state index in [-0.39, 0.29) is 5.92 Å². The lowest BCUT2D eigenvalue weighted by Crippen LogP contribution is -2.41. The van der Waals surface area contributed by atoms with Gasteiger partial charge in [0.25, 0.3) is 0 Å².